The molecule has 0 saturated heterocycles. The van der Waals surface area contributed by atoms with E-state index < -0.39 is 0 Å². The first-order chi connectivity index (χ1) is 7.11. The second-order valence-corrected chi connectivity index (χ2v) is 4.77. The van der Waals surface area contributed by atoms with Crippen LogP contribution in [0.25, 0.3) is 0 Å². The number of unbranched alkanes of at least 4 members (excludes halogenated alkanes) is 1. The lowest BCUT2D eigenvalue weighted by molar-refractivity contribution is -0.125. The van der Waals surface area contributed by atoms with Crippen LogP contribution in [0.3, 0.4) is 0 Å². The monoisotopic (exact) mass is 213 g/mol. The molecule has 1 unspecified atom stereocenters. The highest BCUT2D eigenvalue weighted by molar-refractivity contribution is 5.78. The second kappa shape index (κ2) is 8.75. The third-order valence-electron chi connectivity index (χ3n) is 2.60. The zero-order valence-corrected chi connectivity index (χ0v) is 10.8. The van der Waals surface area contributed by atoms with Crippen molar-refractivity contribution in [2.45, 2.75) is 59.8 Å². The Hall–Kier alpha value is -0.530. The van der Waals surface area contributed by atoms with E-state index in [4.69, 9.17) is 0 Å². The summed E-state index contributed by atoms with van der Waals surface area (Å²) in [4.78, 5) is 11.8. The third kappa shape index (κ3) is 7.40. The Balaban J connectivity index is 3.92. The van der Waals surface area contributed by atoms with E-state index in [1.54, 1.807) is 0 Å². The summed E-state index contributed by atoms with van der Waals surface area (Å²) in [7, 11) is 0. The van der Waals surface area contributed by atoms with E-state index >= 15 is 0 Å². The largest absolute Gasteiger partial charge is 0.356 e. The SMILES string of the molecule is CCCCC(CCC)C(=O)NCC(C)C. The van der Waals surface area contributed by atoms with Crippen molar-refractivity contribution in [3.63, 3.8) is 0 Å². The van der Waals surface area contributed by atoms with Gasteiger partial charge in [-0.1, -0.05) is 47.0 Å². The lowest BCUT2D eigenvalue weighted by atomic mass is 9.96. The molecular formula is C13H27NO. The topological polar surface area (TPSA) is 29.1 Å². The van der Waals surface area contributed by atoms with Gasteiger partial charge in [-0.2, -0.15) is 0 Å². The molecular weight excluding hydrogens is 186 g/mol. The van der Waals surface area contributed by atoms with Crippen molar-refractivity contribution < 1.29 is 4.79 Å². The first kappa shape index (κ1) is 14.5. The Morgan fingerprint density at radius 2 is 1.80 bits per heavy atom. The summed E-state index contributed by atoms with van der Waals surface area (Å²) in [6.07, 6.45) is 5.53. The van der Waals surface area contributed by atoms with E-state index in [1.807, 2.05) is 0 Å². The number of carbonyl (C=O) groups is 1. The van der Waals surface area contributed by atoms with Crippen LogP contribution in [0.5, 0.6) is 0 Å². The molecule has 0 aliphatic heterocycles. The summed E-state index contributed by atoms with van der Waals surface area (Å²) < 4.78 is 0. The van der Waals surface area contributed by atoms with E-state index in [1.165, 1.54) is 12.8 Å². The van der Waals surface area contributed by atoms with Gasteiger partial charge < -0.3 is 5.32 Å². The highest BCUT2D eigenvalue weighted by Crippen LogP contribution is 2.15. The van der Waals surface area contributed by atoms with Gasteiger partial charge in [-0.3, -0.25) is 4.79 Å². The average molecular weight is 213 g/mol. The highest BCUT2D eigenvalue weighted by atomic mass is 16.1. The van der Waals surface area contributed by atoms with Crippen LogP contribution in [0.1, 0.15) is 59.8 Å². The molecule has 2 heteroatoms. The summed E-state index contributed by atoms with van der Waals surface area (Å²) in [6.45, 7) is 9.39. The molecule has 0 aliphatic rings. The number of amides is 1. The van der Waals surface area contributed by atoms with Crippen LogP contribution in [0.2, 0.25) is 0 Å². The summed E-state index contributed by atoms with van der Waals surface area (Å²) in [5, 5.41) is 3.04. The van der Waals surface area contributed by atoms with Gasteiger partial charge >= 0.3 is 0 Å². The Labute approximate surface area is 94.8 Å². The molecule has 2 nitrogen and oxygen atoms in total. The Kier molecular flexibility index (Phi) is 8.44. The molecule has 0 aliphatic carbocycles. The molecule has 1 N–H and O–H groups in total. The van der Waals surface area contributed by atoms with E-state index in [0.29, 0.717) is 5.92 Å². The maximum atomic E-state index is 11.8. The van der Waals surface area contributed by atoms with Gasteiger partial charge in [0.2, 0.25) is 5.91 Å². The zero-order valence-electron chi connectivity index (χ0n) is 10.8. The maximum absolute atomic E-state index is 11.8. The predicted molar refractivity (Wildman–Crippen MR) is 65.8 cm³/mol. The number of hydrogen-bond donors (Lipinski definition) is 1. The summed E-state index contributed by atoms with van der Waals surface area (Å²) in [5.74, 6) is 1.05. The minimum atomic E-state index is 0.244. The molecule has 0 fully saturated rings. The van der Waals surface area contributed by atoms with Gasteiger partial charge in [0.15, 0.2) is 0 Å². The van der Waals surface area contributed by atoms with Crippen LogP contribution >= 0.6 is 0 Å². The van der Waals surface area contributed by atoms with Crippen molar-refractivity contribution in [3.05, 3.63) is 0 Å². The molecule has 0 aromatic heterocycles. The molecule has 15 heavy (non-hydrogen) atoms. The van der Waals surface area contributed by atoms with Crippen molar-refractivity contribution in [3.8, 4) is 0 Å². The molecule has 1 amide bonds. The van der Waals surface area contributed by atoms with Crippen LogP contribution in [0.4, 0.5) is 0 Å². The molecule has 0 radical (unpaired) electrons. The first-order valence-corrected chi connectivity index (χ1v) is 6.39. The van der Waals surface area contributed by atoms with E-state index in [2.05, 4.69) is 33.0 Å². The molecule has 0 heterocycles. The molecule has 0 aromatic carbocycles. The highest BCUT2D eigenvalue weighted by Gasteiger charge is 2.16. The quantitative estimate of drug-likeness (QED) is 0.658. The number of carbonyl (C=O) groups excluding carboxylic acids is 1. The van der Waals surface area contributed by atoms with Gasteiger partial charge in [0.05, 0.1) is 0 Å². The van der Waals surface area contributed by atoms with Crippen molar-refractivity contribution in [1.29, 1.82) is 0 Å². The molecule has 0 rings (SSSR count). The predicted octanol–water partition coefficient (Wildman–Crippen LogP) is 3.37. The Morgan fingerprint density at radius 3 is 2.27 bits per heavy atom. The molecule has 90 valence electrons. The van der Waals surface area contributed by atoms with Gasteiger partial charge in [-0.25, -0.2) is 0 Å². The van der Waals surface area contributed by atoms with Gasteiger partial charge in [0.1, 0.15) is 0 Å². The Morgan fingerprint density at radius 1 is 1.13 bits per heavy atom. The van der Waals surface area contributed by atoms with E-state index in [-0.39, 0.29) is 11.8 Å². The average Bonchev–Trinajstić information content (AvgIpc) is 2.20. The lowest BCUT2D eigenvalue weighted by Gasteiger charge is -2.16. The standard InChI is InChI=1S/C13H27NO/c1-5-7-9-12(8-6-2)13(15)14-10-11(3)4/h11-12H,5-10H2,1-4H3,(H,14,15). The zero-order chi connectivity index (χ0) is 11.7. The molecule has 1 atom stereocenters. The van der Waals surface area contributed by atoms with E-state index in [9.17, 15) is 4.79 Å². The molecule has 0 aromatic rings. The summed E-state index contributed by atoms with van der Waals surface area (Å²) in [5.41, 5.74) is 0. The van der Waals surface area contributed by atoms with Crippen molar-refractivity contribution in [1.82, 2.24) is 5.32 Å². The van der Waals surface area contributed by atoms with E-state index in [0.717, 1.165) is 25.8 Å². The normalized spacial score (nSPS) is 12.9. The first-order valence-electron chi connectivity index (χ1n) is 6.39. The van der Waals surface area contributed by atoms with Gasteiger partial charge in [0, 0.05) is 12.5 Å². The lowest BCUT2D eigenvalue weighted by Crippen LogP contribution is -2.33. The Bertz CT molecular complexity index is 166. The smallest absolute Gasteiger partial charge is 0.223 e. The molecule has 0 bridgehead atoms. The fraction of sp³-hybridized carbons (Fsp3) is 0.923. The molecule has 0 saturated carbocycles. The number of nitrogens with one attached hydrogen (secondary N) is 1. The fourth-order valence-corrected chi connectivity index (χ4v) is 1.65. The summed E-state index contributed by atoms with van der Waals surface area (Å²) >= 11 is 0. The summed E-state index contributed by atoms with van der Waals surface area (Å²) in [6, 6.07) is 0. The van der Waals surface area contributed by atoms with Gasteiger partial charge in [-0.05, 0) is 18.8 Å². The minimum Gasteiger partial charge on any atom is -0.356 e. The van der Waals surface area contributed by atoms with Crippen LogP contribution in [-0.4, -0.2) is 12.5 Å². The van der Waals surface area contributed by atoms with Crippen LogP contribution in [0.15, 0.2) is 0 Å². The molecule has 0 spiro atoms. The van der Waals surface area contributed by atoms with Crippen molar-refractivity contribution in [2.75, 3.05) is 6.54 Å². The second-order valence-electron chi connectivity index (χ2n) is 4.77. The van der Waals surface area contributed by atoms with Crippen molar-refractivity contribution >= 4 is 5.91 Å². The van der Waals surface area contributed by atoms with Gasteiger partial charge in [-0.15, -0.1) is 0 Å². The third-order valence-corrected chi connectivity index (χ3v) is 2.60. The maximum Gasteiger partial charge on any atom is 0.223 e. The van der Waals surface area contributed by atoms with Crippen molar-refractivity contribution in [2.24, 2.45) is 11.8 Å². The fourth-order valence-electron chi connectivity index (χ4n) is 1.65. The number of hydrogen-bond acceptors (Lipinski definition) is 1. The minimum absolute atomic E-state index is 0.244. The van der Waals surface area contributed by atoms with Crippen LogP contribution in [-0.2, 0) is 4.79 Å². The van der Waals surface area contributed by atoms with Crippen LogP contribution < -0.4 is 5.32 Å². The van der Waals surface area contributed by atoms with Gasteiger partial charge in [0.25, 0.3) is 0 Å². The van der Waals surface area contributed by atoms with Crippen LogP contribution in [0, 0.1) is 11.8 Å². The number of rotatable bonds is 8.